The van der Waals surface area contributed by atoms with E-state index in [2.05, 4.69) is 55.0 Å². The fourth-order valence-electron chi connectivity index (χ4n) is 11.5. The molecule has 1 nitrogen and oxygen atoms in total. The Morgan fingerprint density at radius 2 is 1.45 bits per heavy atom. The van der Waals surface area contributed by atoms with Crippen molar-refractivity contribution in [3.05, 3.63) is 12.2 Å². The monoisotopic (exact) mass is 426 g/mol. The lowest BCUT2D eigenvalue weighted by molar-refractivity contribution is -0.246. The van der Waals surface area contributed by atoms with Gasteiger partial charge in [0, 0.05) is 0 Å². The molecule has 0 aliphatic heterocycles. The van der Waals surface area contributed by atoms with Gasteiger partial charge in [-0.3, -0.25) is 0 Å². The molecule has 1 N–H and O–H groups in total. The number of hydrogen-bond acceptors (Lipinski definition) is 1. The van der Waals surface area contributed by atoms with Crippen molar-refractivity contribution in [1.82, 2.24) is 0 Å². The van der Waals surface area contributed by atoms with Gasteiger partial charge in [0.05, 0.1) is 6.10 Å². The van der Waals surface area contributed by atoms with E-state index in [0.717, 1.165) is 30.1 Å². The van der Waals surface area contributed by atoms with Gasteiger partial charge in [0.2, 0.25) is 0 Å². The number of fused-ring (bicyclic) bond motifs is 7. The molecule has 0 aromatic heterocycles. The summed E-state index contributed by atoms with van der Waals surface area (Å²) in [6.45, 7) is 22.3. The molecule has 0 spiro atoms. The minimum Gasteiger partial charge on any atom is -0.393 e. The Labute approximate surface area is 192 Å². The average molecular weight is 427 g/mol. The van der Waals surface area contributed by atoms with Crippen LogP contribution in [0.2, 0.25) is 0 Å². The molecule has 5 aliphatic rings. The molecule has 176 valence electrons. The highest BCUT2D eigenvalue weighted by molar-refractivity contribution is 5.21. The number of allylic oxidation sites excluding steroid dienone is 1. The molecule has 5 rings (SSSR count). The molecule has 0 aromatic rings. The summed E-state index contributed by atoms with van der Waals surface area (Å²) in [4.78, 5) is 0. The summed E-state index contributed by atoms with van der Waals surface area (Å²) in [5, 5.41) is 10.9. The van der Waals surface area contributed by atoms with Crippen molar-refractivity contribution < 1.29 is 5.11 Å². The van der Waals surface area contributed by atoms with Gasteiger partial charge in [-0.25, -0.2) is 0 Å². The summed E-state index contributed by atoms with van der Waals surface area (Å²) in [7, 11) is 0. The van der Waals surface area contributed by atoms with Gasteiger partial charge in [-0.05, 0) is 128 Å². The van der Waals surface area contributed by atoms with Crippen LogP contribution in [-0.4, -0.2) is 11.2 Å². The fraction of sp³-hybridized carbons (Fsp3) is 0.933. The van der Waals surface area contributed by atoms with E-state index < -0.39 is 0 Å². The van der Waals surface area contributed by atoms with E-state index in [9.17, 15) is 5.11 Å². The predicted octanol–water partition coefficient (Wildman–Crippen LogP) is 8.02. The normalized spacial score (nSPS) is 57.9. The van der Waals surface area contributed by atoms with Gasteiger partial charge < -0.3 is 5.11 Å². The first-order valence-electron chi connectivity index (χ1n) is 13.6. The molecule has 1 heteroatoms. The first-order valence-corrected chi connectivity index (χ1v) is 13.6. The Kier molecular flexibility index (Phi) is 4.82. The summed E-state index contributed by atoms with van der Waals surface area (Å²) >= 11 is 0. The maximum absolute atomic E-state index is 10.9. The standard InChI is InChI=1S/C30H50O/c1-19(2)20-11-14-27(5)17-18-29(7)21(25(20)27)9-10-23-28(6)15-13-24(31)26(3,4)22(28)12-16-30(23,29)8/h20-25,31H,1,9-18H2,2-8H3/t20-,21+,22+,23+,24-,25+,27+,28-,29+,30+/m0/s1. The fourth-order valence-corrected chi connectivity index (χ4v) is 11.5. The Balaban J connectivity index is 1.54. The third-order valence-corrected chi connectivity index (χ3v) is 13.5. The number of hydrogen-bond donors (Lipinski definition) is 1. The van der Waals surface area contributed by atoms with Gasteiger partial charge in [-0.15, -0.1) is 0 Å². The third kappa shape index (κ3) is 2.65. The Hall–Kier alpha value is -0.300. The van der Waals surface area contributed by atoms with Crippen LogP contribution >= 0.6 is 0 Å². The first kappa shape index (κ1) is 22.5. The van der Waals surface area contributed by atoms with E-state index in [1.54, 1.807) is 0 Å². The predicted molar refractivity (Wildman–Crippen MR) is 131 cm³/mol. The van der Waals surface area contributed by atoms with E-state index in [1.807, 2.05) is 0 Å². The van der Waals surface area contributed by atoms with E-state index in [4.69, 9.17) is 0 Å². The first-order chi connectivity index (χ1) is 14.3. The molecule has 0 radical (unpaired) electrons. The molecule has 5 fully saturated rings. The Morgan fingerprint density at radius 1 is 0.742 bits per heavy atom. The Bertz CT molecular complexity index is 766. The van der Waals surface area contributed by atoms with Gasteiger partial charge in [0.1, 0.15) is 0 Å². The largest absolute Gasteiger partial charge is 0.393 e. The van der Waals surface area contributed by atoms with Crippen molar-refractivity contribution in [3.63, 3.8) is 0 Å². The maximum Gasteiger partial charge on any atom is 0.0594 e. The van der Waals surface area contributed by atoms with E-state index >= 15 is 0 Å². The van der Waals surface area contributed by atoms with Crippen LogP contribution in [0.25, 0.3) is 0 Å². The SMILES string of the molecule is C=C(C)[C@@H]1CC[C@]2(C)CC[C@]3(C)[C@H](CC[C@@H]4[C@@]5(C)CC[C@H](O)C(C)(C)[C@H]5CC[C@]43C)[C@@H]12. The summed E-state index contributed by atoms with van der Waals surface area (Å²) in [6.07, 6.45) is 13.4. The molecule has 0 bridgehead atoms. The average Bonchev–Trinajstić information content (AvgIpc) is 3.04. The molecule has 31 heavy (non-hydrogen) atoms. The molecule has 0 saturated heterocycles. The number of rotatable bonds is 1. The van der Waals surface area contributed by atoms with Crippen LogP contribution in [0.1, 0.15) is 113 Å². The quantitative estimate of drug-likeness (QED) is 0.421. The zero-order chi connectivity index (χ0) is 22.6. The molecular weight excluding hydrogens is 376 g/mol. The van der Waals surface area contributed by atoms with Gasteiger partial charge in [0.15, 0.2) is 0 Å². The molecule has 5 aliphatic carbocycles. The van der Waals surface area contributed by atoms with Gasteiger partial charge in [-0.1, -0.05) is 53.7 Å². The lowest BCUT2D eigenvalue weighted by Gasteiger charge is -2.73. The topological polar surface area (TPSA) is 20.2 Å². The van der Waals surface area contributed by atoms with Crippen LogP contribution < -0.4 is 0 Å². The van der Waals surface area contributed by atoms with Gasteiger partial charge >= 0.3 is 0 Å². The second-order valence-corrected chi connectivity index (χ2v) is 14.7. The lowest BCUT2D eigenvalue weighted by atomic mass is 9.32. The third-order valence-electron chi connectivity index (χ3n) is 13.5. The van der Waals surface area contributed by atoms with Crippen molar-refractivity contribution in [2.24, 2.45) is 56.7 Å². The van der Waals surface area contributed by atoms with Gasteiger partial charge in [-0.2, -0.15) is 0 Å². The second-order valence-electron chi connectivity index (χ2n) is 14.7. The van der Waals surface area contributed by atoms with Crippen molar-refractivity contribution in [2.45, 2.75) is 119 Å². The number of aliphatic hydroxyl groups excluding tert-OH is 1. The highest BCUT2D eigenvalue weighted by atomic mass is 16.3. The summed E-state index contributed by atoms with van der Waals surface area (Å²) in [5.74, 6) is 3.98. The second kappa shape index (κ2) is 6.64. The van der Waals surface area contributed by atoms with Crippen LogP contribution in [0.5, 0.6) is 0 Å². The van der Waals surface area contributed by atoms with E-state index in [0.29, 0.717) is 27.6 Å². The molecule has 0 aromatic carbocycles. The van der Waals surface area contributed by atoms with Crippen molar-refractivity contribution in [2.75, 3.05) is 0 Å². The van der Waals surface area contributed by atoms with Gasteiger partial charge in [0.25, 0.3) is 0 Å². The number of aliphatic hydroxyl groups is 1. The molecule has 5 saturated carbocycles. The van der Waals surface area contributed by atoms with Crippen LogP contribution in [-0.2, 0) is 0 Å². The van der Waals surface area contributed by atoms with Crippen LogP contribution in [0, 0.1) is 56.7 Å². The smallest absolute Gasteiger partial charge is 0.0594 e. The van der Waals surface area contributed by atoms with E-state index in [-0.39, 0.29) is 11.5 Å². The molecular formula is C30H50O. The van der Waals surface area contributed by atoms with Crippen LogP contribution in [0.3, 0.4) is 0 Å². The minimum atomic E-state index is -0.118. The zero-order valence-electron chi connectivity index (χ0n) is 21.7. The van der Waals surface area contributed by atoms with Crippen molar-refractivity contribution >= 4 is 0 Å². The lowest BCUT2D eigenvalue weighted by Crippen LogP contribution is -2.66. The van der Waals surface area contributed by atoms with Crippen molar-refractivity contribution in [3.8, 4) is 0 Å². The van der Waals surface area contributed by atoms with E-state index in [1.165, 1.54) is 63.4 Å². The molecule has 0 amide bonds. The van der Waals surface area contributed by atoms with Crippen molar-refractivity contribution in [1.29, 1.82) is 0 Å². The van der Waals surface area contributed by atoms with Crippen LogP contribution in [0.4, 0.5) is 0 Å². The highest BCUT2D eigenvalue weighted by Crippen LogP contribution is 2.77. The molecule has 0 heterocycles. The maximum atomic E-state index is 10.9. The summed E-state index contributed by atoms with van der Waals surface area (Å²) < 4.78 is 0. The zero-order valence-corrected chi connectivity index (χ0v) is 21.7. The minimum absolute atomic E-state index is 0.0632. The summed E-state index contributed by atoms with van der Waals surface area (Å²) in [5.41, 5.74) is 3.38. The Morgan fingerprint density at radius 3 is 2.13 bits per heavy atom. The highest BCUT2D eigenvalue weighted by Gasteiger charge is 2.70. The van der Waals surface area contributed by atoms with Crippen LogP contribution in [0.15, 0.2) is 12.2 Å². The molecule has 0 unspecified atom stereocenters. The molecule has 10 atom stereocenters. The summed E-state index contributed by atoms with van der Waals surface area (Å²) in [6, 6.07) is 0.